The molecule has 2 atom stereocenters. The second kappa shape index (κ2) is 5.43. The molecule has 100 valence electrons. The van der Waals surface area contributed by atoms with Crippen molar-refractivity contribution >= 4 is 5.69 Å². The highest BCUT2D eigenvalue weighted by Crippen LogP contribution is 2.31. The third-order valence-corrected chi connectivity index (χ3v) is 4.03. The third kappa shape index (κ3) is 2.62. The number of hydrogen-bond acceptors (Lipinski definition) is 4. The summed E-state index contributed by atoms with van der Waals surface area (Å²) in [6.45, 7) is 2.28. The first-order valence-corrected chi connectivity index (χ1v) is 7.00. The van der Waals surface area contributed by atoms with E-state index >= 15 is 0 Å². The van der Waals surface area contributed by atoms with E-state index in [9.17, 15) is 0 Å². The molecular weight excluding hydrogens is 238 g/mol. The van der Waals surface area contributed by atoms with Gasteiger partial charge in [0.05, 0.1) is 0 Å². The lowest BCUT2D eigenvalue weighted by Gasteiger charge is -2.20. The number of benzene rings is 1. The lowest BCUT2D eigenvalue weighted by atomic mass is 10.0. The Kier molecular flexibility index (Phi) is 3.49. The van der Waals surface area contributed by atoms with Crippen LogP contribution in [0.5, 0.6) is 0 Å². The smallest absolute Gasteiger partial charge is 0.247 e. The van der Waals surface area contributed by atoms with Crippen LogP contribution in [0.15, 0.2) is 35.1 Å². The Morgan fingerprint density at radius 1 is 1.26 bits per heavy atom. The molecule has 1 aliphatic rings. The first-order chi connectivity index (χ1) is 9.36. The van der Waals surface area contributed by atoms with Crippen molar-refractivity contribution in [3.8, 4) is 11.5 Å². The second-order valence-electron chi connectivity index (χ2n) is 5.17. The van der Waals surface area contributed by atoms with E-state index in [1.807, 2.05) is 12.1 Å². The Balaban J connectivity index is 1.69. The van der Waals surface area contributed by atoms with E-state index in [1.165, 1.54) is 37.8 Å². The van der Waals surface area contributed by atoms with Gasteiger partial charge >= 0.3 is 0 Å². The van der Waals surface area contributed by atoms with Crippen LogP contribution in [0.4, 0.5) is 5.69 Å². The molecule has 1 aliphatic carbocycles. The van der Waals surface area contributed by atoms with Crippen molar-refractivity contribution in [1.29, 1.82) is 0 Å². The van der Waals surface area contributed by atoms with Gasteiger partial charge in [-0.25, -0.2) is 0 Å². The fourth-order valence-corrected chi connectivity index (χ4v) is 2.94. The molecule has 3 rings (SSSR count). The van der Waals surface area contributed by atoms with Crippen molar-refractivity contribution in [2.24, 2.45) is 5.92 Å². The SMILES string of the molecule is CCC1CCCC1Nc1ccc(-c2nnco2)cc1. The van der Waals surface area contributed by atoms with E-state index in [-0.39, 0.29) is 0 Å². The summed E-state index contributed by atoms with van der Waals surface area (Å²) < 4.78 is 5.18. The van der Waals surface area contributed by atoms with Gasteiger partial charge in [-0.1, -0.05) is 19.8 Å². The molecule has 1 N–H and O–H groups in total. The van der Waals surface area contributed by atoms with Crippen LogP contribution in [0.3, 0.4) is 0 Å². The van der Waals surface area contributed by atoms with Crippen LogP contribution >= 0.6 is 0 Å². The normalized spacial score (nSPS) is 22.6. The fourth-order valence-electron chi connectivity index (χ4n) is 2.94. The van der Waals surface area contributed by atoms with Crippen LogP contribution in [0.2, 0.25) is 0 Å². The lowest BCUT2D eigenvalue weighted by molar-refractivity contribution is 0.489. The van der Waals surface area contributed by atoms with Crippen molar-refractivity contribution in [1.82, 2.24) is 10.2 Å². The molecule has 1 aromatic carbocycles. The Morgan fingerprint density at radius 2 is 2.11 bits per heavy atom. The van der Waals surface area contributed by atoms with Crippen molar-refractivity contribution in [3.05, 3.63) is 30.7 Å². The zero-order valence-electron chi connectivity index (χ0n) is 11.2. The van der Waals surface area contributed by atoms with Gasteiger partial charge in [0.25, 0.3) is 0 Å². The largest absolute Gasteiger partial charge is 0.423 e. The summed E-state index contributed by atoms with van der Waals surface area (Å²) in [4.78, 5) is 0. The first kappa shape index (κ1) is 12.2. The maximum atomic E-state index is 5.18. The number of anilines is 1. The van der Waals surface area contributed by atoms with E-state index in [0.29, 0.717) is 11.9 Å². The van der Waals surface area contributed by atoms with Crippen LogP contribution in [0.25, 0.3) is 11.5 Å². The highest BCUT2D eigenvalue weighted by atomic mass is 16.4. The van der Waals surface area contributed by atoms with Gasteiger partial charge in [0, 0.05) is 17.3 Å². The zero-order chi connectivity index (χ0) is 13.1. The quantitative estimate of drug-likeness (QED) is 0.906. The molecule has 0 amide bonds. The Bertz CT molecular complexity index is 507. The molecule has 19 heavy (non-hydrogen) atoms. The van der Waals surface area contributed by atoms with Crippen molar-refractivity contribution in [2.45, 2.75) is 38.6 Å². The van der Waals surface area contributed by atoms with Gasteiger partial charge in [0.2, 0.25) is 12.3 Å². The average Bonchev–Trinajstić information content (AvgIpc) is 3.10. The van der Waals surface area contributed by atoms with Gasteiger partial charge in [-0.2, -0.15) is 0 Å². The predicted molar refractivity (Wildman–Crippen MR) is 74.8 cm³/mol. The maximum absolute atomic E-state index is 5.18. The van der Waals surface area contributed by atoms with Gasteiger partial charge < -0.3 is 9.73 Å². The molecule has 0 spiro atoms. The zero-order valence-corrected chi connectivity index (χ0v) is 11.2. The molecule has 0 saturated heterocycles. The fraction of sp³-hybridized carbons (Fsp3) is 0.467. The van der Waals surface area contributed by atoms with Crippen molar-refractivity contribution in [3.63, 3.8) is 0 Å². The summed E-state index contributed by atoms with van der Waals surface area (Å²) in [5.41, 5.74) is 2.13. The van der Waals surface area contributed by atoms with Gasteiger partial charge in [0.1, 0.15) is 0 Å². The summed E-state index contributed by atoms with van der Waals surface area (Å²) in [6, 6.07) is 8.84. The topological polar surface area (TPSA) is 51.0 Å². The molecule has 2 unspecified atom stereocenters. The Labute approximate surface area is 113 Å². The molecule has 0 aliphatic heterocycles. The van der Waals surface area contributed by atoms with E-state index in [0.717, 1.165) is 11.5 Å². The molecule has 0 radical (unpaired) electrons. The van der Waals surface area contributed by atoms with Gasteiger partial charge in [0.15, 0.2) is 0 Å². The van der Waals surface area contributed by atoms with Gasteiger partial charge in [-0.3, -0.25) is 0 Å². The van der Waals surface area contributed by atoms with Crippen LogP contribution < -0.4 is 5.32 Å². The highest BCUT2D eigenvalue weighted by Gasteiger charge is 2.25. The second-order valence-corrected chi connectivity index (χ2v) is 5.17. The van der Waals surface area contributed by atoms with E-state index in [4.69, 9.17) is 4.42 Å². The minimum absolute atomic E-state index is 0.568. The first-order valence-electron chi connectivity index (χ1n) is 7.00. The van der Waals surface area contributed by atoms with Crippen LogP contribution in [0, 0.1) is 5.92 Å². The summed E-state index contributed by atoms with van der Waals surface area (Å²) in [7, 11) is 0. The molecule has 2 aromatic rings. The number of aromatic nitrogens is 2. The third-order valence-electron chi connectivity index (χ3n) is 4.03. The molecule has 4 nitrogen and oxygen atoms in total. The highest BCUT2D eigenvalue weighted by molar-refractivity contribution is 5.58. The predicted octanol–water partition coefficient (Wildman–Crippen LogP) is 3.73. The molecule has 1 saturated carbocycles. The van der Waals surface area contributed by atoms with E-state index in [1.54, 1.807) is 0 Å². The Morgan fingerprint density at radius 3 is 2.79 bits per heavy atom. The summed E-state index contributed by atoms with van der Waals surface area (Å²) in [5, 5.41) is 11.2. The number of hydrogen-bond donors (Lipinski definition) is 1. The average molecular weight is 257 g/mol. The minimum Gasteiger partial charge on any atom is -0.423 e. The van der Waals surface area contributed by atoms with Crippen molar-refractivity contribution < 1.29 is 4.42 Å². The van der Waals surface area contributed by atoms with Crippen molar-refractivity contribution in [2.75, 3.05) is 5.32 Å². The van der Waals surface area contributed by atoms with Gasteiger partial charge in [-0.05, 0) is 43.0 Å². The van der Waals surface area contributed by atoms with Crippen LogP contribution in [0.1, 0.15) is 32.6 Å². The molecule has 1 fully saturated rings. The molecule has 0 bridgehead atoms. The number of rotatable bonds is 4. The molecule has 1 aromatic heterocycles. The minimum atomic E-state index is 0.568. The van der Waals surface area contributed by atoms with Crippen LogP contribution in [-0.2, 0) is 0 Å². The summed E-state index contributed by atoms with van der Waals surface area (Å²) in [5.74, 6) is 1.38. The van der Waals surface area contributed by atoms with E-state index < -0.39 is 0 Å². The number of nitrogens with zero attached hydrogens (tertiary/aromatic N) is 2. The van der Waals surface area contributed by atoms with Crippen LogP contribution in [-0.4, -0.2) is 16.2 Å². The number of nitrogens with one attached hydrogen (secondary N) is 1. The molecular formula is C15H19N3O. The monoisotopic (exact) mass is 257 g/mol. The molecule has 1 heterocycles. The maximum Gasteiger partial charge on any atom is 0.247 e. The van der Waals surface area contributed by atoms with E-state index in [2.05, 4.69) is 34.6 Å². The Hall–Kier alpha value is -1.84. The molecule has 4 heteroatoms. The summed E-state index contributed by atoms with van der Waals surface area (Å²) in [6.07, 6.45) is 6.60. The lowest BCUT2D eigenvalue weighted by Crippen LogP contribution is -2.23. The standard InChI is InChI=1S/C15H19N3O/c1-2-11-4-3-5-14(11)17-13-8-6-12(7-9-13)15-18-16-10-19-15/h6-11,14,17H,2-5H2,1H3. The van der Waals surface area contributed by atoms with Gasteiger partial charge in [-0.15, -0.1) is 10.2 Å². The summed E-state index contributed by atoms with van der Waals surface area (Å²) >= 11 is 0.